The Morgan fingerprint density at radius 3 is 2.21 bits per heavy atom. The van der Waals surface area contributed by atoms with Gasteiger partial charge in [-0.2, -0.15) is 10.3 Å². The molecule has 0 spiro atoms. The molecule has 0 fully saturated rings. The van der Waals surface area contributed by atoms with Gasteiger partial charge in [-0.05, 0) is 76.7 Å². The van der Waals surface area contributed by atoms with Gasteiger partial charge in [0, 0.05) is 4.88 Å². The number of unbranched alkanes of at least 4 members (excludes halogenated alkanes) is 1. The molecule has 0 bridgehead atoms. The van der Waals surface area contributed by atoms with Crippen LogP contribution in [0.1, 0.15) is 119 Å². The number of hydroxylamine groups is 2. The molecule has 1 N–H and O–H groups in total. The average Bonchev–Trinajstić information content (AvgIpc) is 3.39. The molecule has 4 atom stereocenters. The van der Waals surface area contributed by atoms with E-state index in [-0.39, 0.29) is 24.5 Å². The molecule has 38 heavy (non-hydrogen) atoms. The number of esters is 1. The fourth-order valence-corrected chi connectivity index (χ4v) is 6.38. The van der Waals surface area contributed by atoms with Gasteiger partial charge in [-0.3, -0.25) is 9.63 Å². The summed E-state index contributed by atoms with van der Waals surface area (Å²) in [5.41, 5.74) is -2.82. The molecule has 0 aliphatic carbocycles. The molecule has 1 aromatic heterocycles. The third-order valence-electron chi connectivity index (χ3n) is 8.48. The molecule has 6 nitrogen and oxygen atoms in total. The first kappa shape index (κ1) is 34.6. The van der Waals surface area contributed by atoms with Crippen molar-refractivity contribution in [3.05, 3.63) is 22.4 Å². The molecular formula is C31H54N2O4S. The van der Waals surface area contributed by atoms with Gasteiger partial charge in [0.15, 0.2) is 0 Å². The summed E-state index contributed by atoms with van der Waals surface area (Å²) < 4.78 is 5.45. The van der Waals surface area contributed by atoms with Crippen molar-refractivity contribution in [1.29, 1.82) is 5.26 Å². The van der Waals surface area contributed by atoms with Crippen molar-refractivity contribution in [2.45, 2.75) is 125 Å². The Bertz CT molecular complexity index is 892. The maximum absolute atomic E-state index is 13.7. The standard InChI is InChI=1S/C31H54N2O4S/c1-12-14-18-30(9,28(5,6)21-32)20-31(10,27(35)36-11)25(16-13-2)37-33(29(7,8)22-34)26(23(3)4)24-17-15-19-38-24/h15,17,19,23,25-26,34H,12-14,16,18,20,22H2,1-11H3. The first-order valence-electron chi connectivity index (χ1n) is 14.2. The van der Waals surface area contributed by atoms with E-state index < -0.39 is 27.9 Å². The molecule has 218 valence electrons. The number of aliphatic hydroxyl groups excluding tert-OH is 1. The molecule has 1 aromatic rings. The van der Waals surface area contributed by atoms with Gasteiger partial charge in [-0.25, -0.2) is 0 Å². The third kappa shape index (κ3) is 7.81. The topological polar surface area (TPSA) is 82.8 Å². The Kier molecular flexibility index (Phi) is 13.0. The second-order valence-corrected chi connectivity index (χ2v) is 13.8. The van der Waals surface area contributed by atoms with Crippen molar-refractivity contribution in [2.75, 3.05) is 13.7 Å². The lowest BCUT2D eigenvalue weighted by Gasteiger charge is -2.50. The van der Waals surface area contributed by atoms with Crippen LogP contribution in [0.5, 0.6) is 0 Å². The molecule has 0 saturated heterocycles. The molecule has 0 aliphatic rings. The van der Waals surface area contributed by atoms with Crippen molar-refractivity contribution >= 4 is 17.3 Å². The zero-order chi connectivity index (χ0) is 29.4. The molecule has 1 rings (SSSR count). The van der Waals surface area contributed by atoms with Gasteiger partial charge in [0.05, 0.1) is 48.3 Å². The molecule has 0 aromatic carbocycles. The van der Waals surface area contributed by atoms with Gasteiger partial charge in [0.2, 0.25) is 0 Å². The summed E-state index contributed by atoms with van der Waals surface area (Å²) in [6.45, 7) is 20.4. The van der Waals surface area contributed by atoms with Gasteiger partial charge in [0.25, 0.3) is 0 Å². The number of aliphatic hydroxyl groups is 1. The van der Waals surface area contributed by atoms with Gasteiger partial charge in [-0.1, -0.05) is 59.9 Å². The second-order valence-electron chi connectivity index (χ2n) is 12.9. The Labute approximate surface area is 236 Å². The van der Waals surface area contributed by atoms with Gasteiger partial charge < -0.3 is 9.84 Å². The normalized spacial score (nSPS) is 17.5. The van der Waals surface area contributed by atoms with E-state index in [1.54, 1.807) is 11.3 Å². The van der Waals surface area contributed by atoms with Crippen LogP contribution in [0.2, 0.25) is 0 Å². The number of ether oxygens (including phenoxy) is 1. The quantitative estimate of drug-likeness (QED) is 0.157. The first-order valence-corrected chi connectivity index (χ1v) is 15.1. The number of nitriles is 1. The zero-order valence-electron chi connectivity index (χ0n) is 25.9. The summed E-state index contributed by atoms with van der Waals surface area (Å²) in [5.74, 6) is -0.134. The van der Waals surface area contributed by atoms with Crippen LogP contribution in [0, 0.1) is 33.5 Å². The summed E-state index contributed by atoms with van der Waals surface area (Å²) in [7, 11) is 1.43. The maximum Gasteiger partial charge on any atom is 0.314 e. The lowest BCUT2D eigenvalue weighted by atomic mass is 9.57. The summed E-state index contributed by atoms with van der Waals surface area (Å²) in [5, 5.41) is 24.6. The van der Waals surface area contributed by atoms with Gasteiger partial charge >= 0.3 is 5.97 Å². The van der Waals surface area contributed by atoms with E-state index in [1.807, 2.05) is 45.7 Å². The molecule has 1 heterocycles. The molecule has 0 saturated carbocycles. The second kappa shape index (κ2) is 14.3. The fourth-order valence-electron chi connectivity index (χ4n) is 5.40. The number of methoxy groups -OCH3 is 1. The minimum atomic E-state index is -1.01. The molecule has 7 heteroatoms. The third-order valence-corrected chi connectivity index (χ3v) is 9.43. The van der Waals surface area contributed by atoms with E-state index in [1.165, 1.54) is 7.11 Å². The van der Waals surface area contributed by atoms with Crippen molar-refractivity contribution in [3.8, 4) is 6.07 Å². The van der Waals surface area contributed by atoms with Crippen LogP contribution in [0.4, 0.5) is 0 Å². The highest BCUT2D eigenvalue weighted by Crippen LogP contribution is 2.53. The van der Waals surface area contributed by atoms with E-state index in [0.717, 1.165) is 30.6 Å². The largest absolute Gasteiger partial charge is 0.469 e. The number of thiophene rings is 1. The van der Waals surface area contributed by atoms with Crippen molar-refractivity contribution < 1.29 is 19.5 Å². The highest BCUT2D eigenvalue weighted by molar-refractivity contribution is 7.10. The van der Waals surface area contributed by atoms with Crippen LogP contribution in [0.15, 0.2) is 17.5 Å². The molecule has 0 aliphatic heterocycles. The number of nitrogens with zero attached hydrogens (tertiary/aromatic N) is 2. The van der Waals surface area contributed by atoms with Crippen LogP contribution in [0.3, 0.4) is 0 Å². The minimum Gasteiger partial charge on any atom is -0.469 e. The Morgan fingerprint density at radius 1 is 1.16 bits per heavy atom. The van der Waals surface area contributed by atoms with Crippen molar-refractivity contribution in [3.63, 3.8) is 0 Å². The Balaban J connectivity index is 3.75. The van der Waals surface area contributed by atoms with Crippen LogP contribution in [-0.2, 0) is 14.4 Å². The first-order chi connectivity index (χ1) is 17.6. The number of carbonyl (C=O) groups excluding carboxylic acids is 1. The summed E-state index contributed by atoms with van der Waals surface area (Å²) in [4.78, 5) is 21.8. The number of hydrogen-bond acceptors (Lipinski definition) is 7. The van der Waals surface area contributed by atoms with E-state index in [0.29, 0.717) is 12.8 Å². The van der Waals surface area contributed by atoms with E-state index in [4.69, 9.17) is 9.57 Å². The predicted octanol–water partition coefficient (Wildman–Crippen LogP) is 7.93. The van der Waals surface area contributed by atoms with E-state index in [9.17, 15) is 15.2 Å². The highest BCUT2D eigenvalue weighted by atomic mass is 32.1. The van der Waals surface area contributed by atoms with Crippen LogP contribution < -0.4 is 0 Å². The SMILES string of the molecule is CCCCC(C)(CC(C)(C(=O)OC)C(CCC)ON(C(c1cccs1)C(C)C)C(C)(C)CO)C(C)(C)C#N. The Hall–Kier alpha value is -1.46. The molecule has 0 amide bonds. The van der Waals surface area contributed by atoms with Crippen LogP contribution in [0.25, 0.3) is 0 Å². The number of rotatable bonds is 17. The zero-order valence-corrected chi connectivity index (χ0v) is 26.7. The number of hydrogen-bond donors (Lipinski definition) is 1. The van der Waals surface area contributed by atoms with Gasteiger partial charge in [0.1, 0.15) is 0 Å². The monoisotopic (exact) mass is 550 g/mol. The molecule has 0 radical (unpaired) electrons. The van der Waals surface area contributed by atoms with Crippen molar-refractivity contribution in [1.82, 2.24) is 5.06 Å². The minimum absolute atomic E-state index is 0.106. The van der Waals surface area contributed by atoms with Crippen LogP contribution in [-0.4, -0.2) is 41.5 Å². The van der Waals surface area contributed by atoms with E-state index in [2.05, 4.69) is 52.1 Å². The lowest BCUT2D eigenvalue weighted by molar-refractivity contribution is -0.304. The fraction of sp³-hybridized carbons (Fsp3) is 0.806. The highest BCUT2D eigenvalue weighted by Gasteiger charge is 2.54. The summed E-state index contributed by atoms with van der Waals surface area (Å²) in [6.07, 6.45) is 4.19. The van der Waals surface area contributed by atoms with Crippen LogP contribution >= 0.6 is 11.3 Å². The Morgan fingerprint density at radius 2 is 1.79 bits per heavy atom. The van der Waals surface area contributed by atoms with Crippen molar-refractivity contribution in [2.24, 2.45) is 22.2 Å². The average molecular weight is 551 g/mol. The maximum atomic E-state index is 13.7. The molecular weight excluding hydrogens is 496 g/mol. The smallest absolute Gasteiger partial charge is 0.314 e. The van der Waals surface area contributed by atoms with Gasteiger partial charge in [-0.15, -0.1) is 11.3 Å². The summed E-state index contributed by atoms with van der Waals surface area (Å²) in [6, 6.07) is 6.56. The summed E-state index contributed by atoms with van der Waals surface area (Å²) >= 11 is 1.67. The molecule has 4 unspecified atom stereocenters. The lowest BCUT2D eigenvalue weighted by Crippen LogP contribution is -2.56. The predicted molar refractivity (Wildman–Crippen MR) is 156 cm³/mol. The van der Waals surface area contributed by atoms with E-state index >= 15 is 0 Å². The number of carbonyl (C=O) groups is 1.